The smallest absolute Gasteiger partial charge is 0.126 e. The van der Waals surface area contributed by atoms with Gasteiger partial charge in [-0.1, -0.05) is 60.7 Å². The van der Waals surface area contributed by atoms with Crippen molar-refractivity contribution < 1.29 is 0 Å². The Balaban J connectivity index is 1.60. The molecule has 5 heteroatoms. The summed E-state index contributed by atoms with van der Waals surface area (Å²) >= 11 is 0. The largest absolute Gasteiger partial charge is 0.307 e. The van der Waals surface area contributed by atoms with Crippen LogP contribution in [0.15, 0.2) is 103 Å². The molecule has 8 rings (SSSR count). The molecule has 0 unspecified atom stereocenters. The average molecular weight is 568 g/mol. The first-order valence-electron chi connectivity index (χ1n) is 14.8. The summed E-state index contributed by atoms with van der Waals surface area (Å²) in [6.07, 6.45) is 0. The van der Waals surface area contributed by atoms with E-state index in [0.717, 1.165) is 50.4 Å². The predicted molar refractivity (Wildman–Crippen MR) is 180 cm³/mol. The van der Waals surface area contributed by atoms with Gasteiger partial charge in [0.1, 0.15) is 5.82 Å². The molecule has 0 N–H and O–H groups in total. The van der Waals surface area contributed by atoms with Crippen LogP contribution in [0, 0.1) is 39.0 Å². The number of benzene rings is 5. The van der Waals surface area contributed by atoms with Gasteiger partial charge < -0.3 is 9.13 Å². The van der Waals surface area contributed by atoms with Gasteiger partial charge in [0.2, 0.25) is 0 Å². The summed E-state index contributed by atoms with van der Waals surface area (Å²) in [5.41, 5.74) is 11.7. The van der Waals surface area contributed by atoms with Crippen molar-refractivity contribution in [2.75, 3.05) is 0 Å². The van der Waals surface area contributed by atoms with Crippen LogP contribution in [0.4, 0.5) is 0 Å². The highest BCUT2D eigenvalue weighted by Crippen LogP contribution is 2.41. The number of aromatic nitrogens is 4. The number of hydrogen-bond donors (Lipinski definition) is 0. The molecule has 0 saturated heterocycles. The Morgan fingerprint density at radius 3 is 1.61 bits per heavy atom. The molecule has 3 aromatic heterocycles. The molecule has 0 aliphatic rings. The summed E-state index contributed by atoms with van der Waals surface area (Å²) in [6.45, 7) is 8.13. The van der Waals surface area contributed by atoms with E-state index in [0.29, 0.717) is 11.4 Å². The second-order valence-electron chi connectivity index (χ2n) is 11.7. The number of hydrogen-bond acceptors (Lipinski definition) is 3. The van der Waals surface area contributed by atoms with Gasteiger partial charge in [0, 0.05) is 32.8 Å². The van der Waals surface area contributed by atoms with Crippen molar-refractivity contribution in [1.29, 1.82) is 5.26 Å². The highest BCUT2D eigenvalue weighted by molar-refractivity contribution is 6.12. The van der Waals surface area contributed by atoms with E-state index in [2.05, 4.69) is 125 Å². The van der Waals surface area contributed by atoms with Crippen molar-refractivity contribution in [1.82, 2.24) is 19.1 Å². The topological polar surface area (TPSA) is 59.4 Å². The normalized spacial score (nSPS) is 11.6. The zero-order valence-corrected chi connectivity index (χ0v) is 25.1. The first-order valence-corrected chi connectivity index (χ1v) is 14.8. The van der Waals surface area contributed by atoms with Crippen LogP contribution >= 0.6 is 0 Å². The maximum Gasteiger partial charge on any atom is 0.126 e. The summed E-state index contributed by atoms with van der Waals surface area (Å²) < 4.78 is 4.68. The van der Waals surface area contributed by atoms with E-state index >= 15 is 0 Å². The quantitative estimate of drug-likeness (QED) is 0.214. The number of rotatable bonds is 3. The standard InChI is InChI=1S/C39H29N5/c1-23-13-15-30-28-9-5-7-11-34(28)43(36(30)17-23)38-20-27(22-40)32(33-19-25(3)41-26(4)42-33)21-39(38)44-35-12-8-6-10-29(35)31-16-14-24(2)18-37(31)44/h5-21H,1-4H3. The molecule has 0 fully saturated rings. The van der Waals surface area contributed by atoms with Gasteiger partial charge in [0.15, 0.2) is 0 Å². The Morgan fingerprint density at radius 2 is 1.07 bits per heavy atom. The summed E-state index contributed by atoms with van der Waals surface area (Å²) in [4.78, 5) is 9.31. The van der Waals surface area contributed by atoms with E-state index in [9.17, 15) is 5.26 Å². The average Bonchev–Trinajstić information content (AvgIpc) is 3.51. The molecule has 0 spiro atoms. The maximum absolute atomic E-state index is 10.6. The number of aryl methyl sites for hydroxylation is 4. The number of fused-ring (bicyclic) bond motifs is 6. The first kappa shape index (κ1) is 25.9. The second kappa shape index (κ2) is 9.65. The Morgan fingerprint density at radius 1 is 0.545 bits per heavy atom. The third kappa shape index (κ3) is 3.85. The third-order valence-corrected chi connectivity index (χ3v) is 8.62. The predicted octanol–water partition coefficient (Wildman–Crippen LogP) is 9.44. The minimum atomic E-state index is 0.566. The van der Waals surface area contributed by atoms with E-state index in [1.807, 2.05) is 26.0 Å². The van der Waals surface area contributed by atoms with Crippen molar-refractivity contribution in [3.8, 4) is 28.7 Å². The lowest BCUT2D eigenvalue weighted by molar-refractivity contribution is 1.01. The fourth-order valence-corrected chi connectivity index (χ4v) is 6.77. The zero-order chi connectivity index (χ0) is 30.1. The molecule has 0 bridgehead atoms. The van der Waals surface area contributed by atoms with Crippen LogP contribution in [-0.2, 0) is 0 Å². The third-order valence-electron chi connectivity index (χ3n) is 8.62. The molecule has 0 aliphatic heterocycles. The summed E-state index contributed by atoms with van der Waals surface area (Å²) in [6, 6.07) is 39.0. The SMILES string of the molecule is Cc1ccc2c3ccccc3n(-c3cc(C#N)c(-c4cc(C)nc(C)n4)cc3-n3c4ccccc4c4ccc(C)cc43)c2c1. The van der Waals surface area contributed by atoms with Crippen molar-refractivity contribution in [3.05, 3.63) is 131 Å². The van der Waals surface area contributed by atoms with Crippen molar-refractivity contribution in [2.45, 2.75) is 27.7 Å². The second-order valence-corrected chi connectivity index (χ2v) is 11.7. The fraction of sp³-hybridized carbons (Fsp3) is 0.103. The van der Waals surface area contributed by atoms with Crippen LogP contribution in [0.2, 0.25) is 0 Å². The monoisotopic (exact) mass is 567 g/mol. The summed E-state index contributed by atoms with van der Waals surface area (Å²) in [7, 11) is 0. The molecule has 3 heterocycles. The molecular formula is C39H29N5. The Labute approximate surface area is 255 Å². The molecule has 0 amide bonds. The van der Waals surface area contributed by atoms with Crippen LogP contribution in [0.5, 0.6) is 0 Å². The van der Waals surface area contributed by atoms with E-state index in [4.69, 9.17) is 4.98 Å². The number of nitrogens with zero attached hydrogens (tertiary/aromatic N) is 5. The minimum Gasteiger partial charge on any atom is -0.307 e. The van der Waals surface area contributed by atoms with Gasteiger partial charge in [-0.25, -0.2) is 9.97 Å². The van der Waals surface area contributed by atoms with Gasteiger partial charge in [-0.05, 0) is 81.3 Å². The van der Waals surface area contributed by atoms with E-state index in [1.165, 1.54) is 32.7 Å². The van der Waals surface area contributed by atoms with Crippen molar-refractivity contribution >= 4 is 43.6 Å². The molecule has 44 heavy (non-hydrogen) atoms. The van der Waals surface area contributed by atoms with Crippen LogP contribution in [0.3, 0.4) is 0 Å². The van der Waals surface area contributed by atoms with Gasteiger partial charge in [0.25, 0.3) is 0 Å². The van der Waals surface area contributed by atoms with E-state index < -0.39 is 0 Å². The highest BCUT2D eigenvalue weighted by atomic mass is 15.1. The summed E-state index contributed by atoms with van der Waals surface area (Å²) in [5.74, 6) is 0.680. The van der Waals surface area contributed by atoms with Gasteiger partial charge >= 0.3 is 0 Å². The molecular weight excluding hydrogens is 538 g/mol. The van der Waals surface area contributed by atoms with Crippen LogP contribution in [-0.4, -0.2) is 19.1 Å². The molecule has 8 aromatic rings. The van der Waals surface area contributed by atoms with Crippen LogP contribution in [0.1, 0.15) is 28.2 Å². The lowest BCUT2D eigenvalue weighted by atomic mass is 10.0. The lowest BCUT2D eigenvalue weighted by Gasteiger charge is -2.19. The molecule has 5 aromatic carbocycles. The summed E-state index contributed by atoms with van der Waals surface area (Å²) in [5, 5.41) is 15.3. The van der Waals surface area contributed by atoms with Gasteiger partial charge in [-0.3, -0.25) is 0 Å². The number of para-hydroxylation sites is 2. The van der Waals surface area contributed by atoms with Gasteiger partial charge in [-0.2, -0.15) is 5.26 Å². The molecule has 0 saturated carbocycles. The molecule has 0 radical (unpaired) electrons. The lowest BCUT2D eigenvalue weighted by Crippen LogP contribution is -2.06. The Hall–Kier alpha value is -5.73. The number of nitriles is 1. The van der Waals surface area contributed by atoms with Crippen molar-refractivity contribution in [2.24, 2.45) is 0 Å². The molecule has 5 nitrogen and oxygen atoms in total. The Bertz CT molecular complexity index is 2480. The van der Waals surface area contributed by atoms with Gasteiger partial charge in [-0.15, -0.1) is 0 Å². The van der Waals surface area contributed by atoms with Crippen LogP contribution < -0.4 is 0 Å². The van der Waals surface area contributed by atoms with Crippen molar-refractivity contribution in [3.63, 3.8) is 0 Å². The maximum atomic E-state index is 10.6. The zero-order valence-electron chi connectivity index (χ0n) is 25.1. The minimum absolute atomic E-state index is 0.566. The molecule has 210 valence electrons. The fourth-order valence-electron chi connectivity index (χ4n) is 6.77. The first-order chi connectivity index (χ1) is 21.4. The van der Waals surface area contributed by atoms with E-state index in [-0.39, 0.29) is 0 Å². The molecule has 0 aliphatic carbocycles. The molecule has 0 atom stereocenters. The van der Waals surface area contributed by atoms with Gasteiger partial charge in [0.05, 0.1) is 50.8 Å². The van der Waals surface area contributed by atoms with E-state index in [1.54, 1.807) is 0 Å². The Kier molecular flexibility index (Phi) is 5.69. The highest BCUT2D eigenvalue weighted by Gasteiger charge is 2.22. The van der Waals surface area contributed by atoms with Crippen LogP contribution in [0.25, 0.3) is 66.2 Å².